The van der Waals surface area contributed by atoms with Gasteiger partial charge in [-0.05, 0) is 25.0 Å². The van der Waals surface area contributed by atoms with Gasteiger partial charge in [-0.1, -0.05) is 92.5 Å². The molecule has 23 heavy (non-hydrogen) atoms. The highest BCUT2D eigenvalue weighted by Gasteiger charge is 2.29. The minimum absolute atomic E-state index is 1.27. The zero-order chi connectivity index (χ0) is 16.9. The molecule has 0 aliphatic carbocycles. The van der Waals surface area contributed by atoms with Crippen LogP contribution in [0.25, 0.3) is 11.4 Å². The smallest absolute Gasteiger partial charge is 0.153 e. The van der Waals surface area contributed by atoms with Gasteiger partial charge >= 0.3 is 0 Å². The molecule has 2 aromatic rings. The first-order valence-electron chi connectivity index (χ1n) is 8.22. The van der Waals surface area contributed by atoms with Crippen LogP contribution in [0.5, 0.6) is 0 Å². The van der Waals surface area contributed by atoms with Crippen LogP contribution in [0.4, 0.5) is 0 Å². The van der Waals surface area contributed by atoms with Gasteiger partial charge in [0.1, 0.15) is 0 Å². The van der Waals surface area contributed by atoms with E-state index in [4.69, 9.17) is 0 Å². The van der Waals surface area contributed by atoms with Crippen molar-refractivity contribution in [3.8, 4) is 0 Å². The third-order valence-corrected chi connectivity index (χ3v) is 5.66. The summed E-state index contributed by atoms with van der Waals surface area (Å²) in [6.45, 7) is 11.4. The van der Waals surface area contributed by atoms with Gasteiger partial charge in [-0.3, -0.25) is 0 Å². The molecular weight excluding hydrogens is 294 g/mol. The molecule has 2 aromatic carbocycles. The Hall–Kier alpha value is -2.06. The third kappa shape index (κ3) is 4.02. The first-order valence-corrected chi connectivity index (χ1v) is 11.7. The third-order valence-electron chi connectivity index (χ3n) is 3.84. The summed E-state index contributed by atoms with van der Waals surface area (Å²) >= 11 is 0. The standard InChI is InChI=1S/C21H27NSi/c1-6-20(18-14-10-8-11-15-18)22(23(3,4)5)21(7-2)19-16-12-9-13-17-19/h6-17H,1-5H3/b20-6-,21-7+. The molecule has 0 aromatic heterocycles. The predicted molar refractivity (Wildman–Crippen MR) is 105 cm³/mol. The summed E-state index contributed by atoms with van der Waals surface area (Å²) in [6, 6.07) is 21.4. The minimum atomic E-state index is -1.62. The molecule has 0 spiro atoms. The summed E-state index contributed by atoms with van der Waals surface area (Å²) in [5, 5.41) is 0. The lowest BCUT2D eigenvalue weighted by molar-refractivity contribution is 0.819. The van der Waals surface area contributed by atoms with Crippen molar-refractivity contribution in [2.24, 2.45) is 0 Å². The van der Waals surface area contributed by atoms with Crippen LogP contribution in [0, 0.1) is 0 Å². The molecular formula is C21H27NSi. The van der Waals surface area contributed by atoms with E-state index in [0.29, 0.717) is 0 Å². The summed E-state index contributed by atoms with van der Waals surface area (Å²) in [5.41, 5.74) is 5.13. The summed E-state index contributed by atoms with van der Waals surface area (Å²) in [4.78, 5) is 0. The van der Waals surface area contributed by atoms with Crippen LogP contribution in [0.15, 0.2) is 72.8 Å². The lowest BCUT2D eigenvalue weighted by Gasteiger charge is -2.40. The van der Waals surface area contributed by atoms with E-state index in [-0.39, 0.29) is 0 Å². The first-order chi connectivity index (χ1) is 11.0. The van der Waals surface area contributed by atoms with Gasteiger partial charge in [0.25, 0.3) is 0 Å². The van der Waals surface area contributed by atoms with E-state index >= 15 is 0 Å². The monoisotopic (exact) mass is 321 g/mol. The summed E-state index contributed by atoms with van der Waals surface area (Å²) in [7, 11) is -1.62. The van der Waals surface area contributed by atoms with Gasteiger partial charge in [0, 0.05) is 11.4 Å². The van der Waals surface area contributed by atoms with Gasteiger partial charge in [0.05, 0.1) is 0 Å². The van der Waals surface area contributed by atoms with Crippen molar-refractivity contribution in [2.75, 3.05) is 0 Å². The lowest BCUT2D eigenvalue weighted by Crippen LogP contribution is -2.43. The molecule has 0 unspecified atom stereocenters. The zero-order valence-corrected chi connectivity index (χ0v) is 15.9. The van der Waals surface area contributed by atoms with Crippen molar-refractivity contribution in [2.45, 2.75) is 33.5 Å². The second kappa shape index (κ2) is 7.47. The number of hydrogen-bond donors (Lipinski definition) is 0. The Morgan fingerprint density at radius 3 is 1.30 bits per heavy atom. The highest BCUT2D eigenvalue weighted by Crippen LogP contribution is 2.34. The van der Waals surface area contributed by atoms with E-state index in [9.17, 15) is 0 Å². The second-order valence-corrected chi connectivity index (χ2v) is 11.4. The van der Waals surface area contributed by atoms with Crippen LogP contribution in [-0.2, 0) is 0 Å². The average molecular weight is 322 g/mol. The Morgan fingerprint density at radius 1 is 0.696 bits per heavy atom. The van der Waals surface area contributed by atoms with Gasteiger partial charge in [-0.25, -0.2) is 0 Å². The van der Waals surface area contributed by atoms with E-state index < -0.39 is 8.24 Å². The van der Waals surface area contributed by atoms with Crippen molar-refractivity contribution in [1.82, 2.24) is 4.57 Å². The highest BCUT2D eigenvalue weighted by atomic mass is 28.3. The van der Waals surface area contributed by atoms with Gasteiger partial charge in [-0.15, -0.1) is 0 Å². The predicted octanol–water partition coefficient (Wildman–Crippen LogP) is 6.25. The van der Waals surface area contributed by atoms with Crippen molar-refractivity contribution >= 4 is 19.6 Å². The van der Waals surface area contributed by atoms with Crippen molar-refractivity contribution in [3.05, 3.63) is 83.9 Å². The van der Waals surface area contributed by atoms with Crippen LogP contribution in [0.1, 0.15) is 25.0 Å². The molecule has 0 atom stereocenters. The quantitative estimate of drug-likeness (QED) is 0.589. The number of rotatable bonds is 5. The summed E-state index contributed by atoms with van der Waals surface area (Å²) in [5.74, 6) is 0. The number of benzene rings is 2. The molecule has 2 heteroatoms. The van der Waals surface area contributed by atoms with Crippen LogP contribution in [-0.4, -0.2) is 12.8 Å². The van der Waals surface area contributed by atoms with E-state index in [1.807, 2.05) is 0 Å². The molecule has 0 saturated heterocycles. The normalized spacial score (nSPS) is 13.1. The SMILES string of the molecule is C/C=C(/c1ccccc1)N(/C(=C/C)c1ccccc1)[Si](C)(C)C. The van der Waals surface area contributed by atoms with Gasteiger partial charge in [-0.2, -0.15) is 0 Å². The van der Waals surface area contributed by atoms with E-state index in [2.05, 4.69) is 111 Å². The largest absolute Gasteiger partial charge is 0.369 e. The molecule has 2 rings (SSSR count). The molecule has 0 radical (unpaired) electrons. The molecule has 0 bridgehead atoms. The second-order valence-electron chi connectivity index (χ2n) is 6.59. The fourth-order valence-electron chi connectivity index (χ4n) is 2.92. The highest BCUT2D eigenvalue weighted by molar-refractivity contribution is 6.75. The maximum absolute atomic E-state index is 2.57. The fraction of sp³-hybridized carbons (Fsp3) is 0.238. The molecule has 0 N–H and O–H groups in total. The van der Waals surface area contributed by atoms with Gasteiger partial charge < -0.3 is 4.57 Å². The molecule has 120 valence electrons. The Kier molecular flexibility index (Phi) is 5.62. The van der Waals surface area contributed by atoms with Crippen LogP contribution >= 0.6 is 0 Å². The van der Waals surface area contributed by atoms with Gasteiger partial charge in [0.2, 0.25) is 0 Å². The Labute approximate surface area is 142 Å². The molecule has 0 fully saturated rings. The molecule has 1 nitrogen and oxygen atoms in total. The minimum Gasteiger partial charge on any atom is -0.369 e. The van der Waals surface area contributed by atoms with Gasteiger partial charge in [0.15, 0.2) is 8.24 Å². The van der Waals surface area contributed by atoms with Crippen LogP contribution in [0.3, 0.4) is 0 Å². The Morgan fingerprint density at radius 2 is 1.04 bits per heavy atom. The molecule has 0 aliphatic rings. The summed E-state index contributed by atoms with van der Waals surface area (Å²) < 4.78 is 2.57. The topological polar surface area (TPSA) is 3.24 Å². The maximum atomic E-state index is 2.57. The molecule has 0 aliphatic heterocycles. The van der Waals surface area contributed by atoms with E-state index in [1.54, 1.807) is 0 Å². The van der Waals surface area contributed by atoms with Crippen LogP contribution < -0.4 is 0 Å². The van der Waals surface area contributed by atoms with Crippen molar-refractivity contribution in [3.63, 3.8) is 0 Å². The molecule has 0 heterocycles. The lowest BCUT2D eigenvalue weighted by atomic mass is 10.1. The molecule has 0 amide bonds. The Balaban J connectivity index is 2.58. The zero-order valence-electron chi connectivity index (χ0n) is 14.9. The number of nitrogens with zero attached hydrogens (tertiary/aromatic N) is 1. The number of hydrogen-bond acceptors (Lipinski definition) is 1. The fourth-order valence-corrected chi connectivity index (χ4v) is 4.88. The maximum Gasteiger partial charge on any atom is 0.153 e. The van der Waals surface area contributed by atoms with E-state index in [1.165, 1.54) is 22.5 Å². The van der Waals surface area contributed by atoms with Crippen LogP contribution in [0.2, 0.25) is 19.6 Å². The number of allylic oxidation sites excluding steroid dienone is 2. The van der Waals surface area contributed by atoms with Crippen molar-refractivity contribution < 1.29 is 0 Å². The summed E-state index contributed by atoms with van der Waals surface area (Å²) in [6.07, 6.45) is 4.47. The Bertz CT molecular complexity index is 623. The van der Waals surface area contributed by atoms with E-state index in [0.717, 1.165) is 0 Å². The first kappa shape index (κ1) is 17.3. The van der Waals surface area contributed by atoms with Crippen molar-refractivity contribution in [1.29, 1.82) is 0 Å². The molecule has 0 saturated carbocycles. The average Bonchev–Trinajstić information content (AvgIpc) is 2.56.